The maximum Gasteiger partial charge on any atom is 0.0737 e. The van der Waals surface area contributed by atoms with E-state index in [1.807, 2.05) is 6.07 Å². The molecule has 0 aliphatic carbocycles. The Hall–Kier alpha value is -5.61. The highest BCUT2D eigenvalue weighted by atomic mass is 14.8. The SMILES string of the molecule is Cc1ccc(-c2c3ccc([nH]3)c(-c3ccccc3)c3nc(c(-c4ccccc4)c4ccc([nH]4)c4ccc2[nH]4)C=C3)cc1. The lowest BCUT2D eigenvalue weighted by atomic mass is 10.0. The van der Waals surface area contributed by atoms with Gasteiger partial charge in [-0.3, -0.25) is 0 Å². The van der Waals surface area contributed by atoms with E-state index in [2.05, 4.69) is 149 Å². The molecule has 7 aromatic rings. The number of nitrogens with one attached hydrogen (secondary N) is 3. The molecule has 8 bridgehead atoms. The van der Waals surface area contributed by atoms with Crippen LogP contribution in [0, 0.1) is 6.92 Å². The van der Waals surface area contributed by atoms with Gasteiger partial charge >= 0.3 is 0 Å². The fourth-order valence-electron chi connectivity index (χ4n) is 5.99. The van der Waals surface area contributed by atoms with Crippen LogP contribution in [-0.2, 0) is 0 Å². The molecule has 5 heterocycles. The first-order valence-electron chi connectivity index (χ1n) is 14.2. The highest BCUT2D eigenvalue weighted by Crippen LogP contribution is 2.36. The third-order valence-corrected chi connectivity index (χ3v) is 8.04. The van der Waals surface area contributed by atoms with Gasteiger partial charge in [-0.15, -0.1) is 0 Å². The summed E-state index contributed by atoms with van der Waals surface area (Å²) in [7, 11) is 0. The third kappa shape index (κ3) is 4.13. The van der Waals surface area contributed by atoms with Crippen molar-refractivity contribution in [2.24, 2.45) is 0 Å². The van der Waals surface area contributed by atoms with E-state index in [0.29, 0.717) is 0 Å². The van der Waals surface area contributed by atoms with Crippen molar-refractivity contribution in [3.05, 3.63) is 138 Å². The Morgan fingerprint density at radius 3 is 1.24 bits per heavy atom. The first-order valence-corrected chi connectivity index (χ1v) is 14.2. The first-order chi connectivity index (χ1) is 20.7. The molecule has 0 unspecified atom stereocenters. The van der Waals surface area contributed by atoms with Crippen molar-refractivity contribution in [3.8, 4) is 33.4 Å². The molecule has 0 spiro atoms. The Kier molecular flexibility index (Phi) is 5.64. The standard InChI is InChI=1S/C38H28N4/c1-24-12-14-27(15-13-24)38-31-19-17-29(40-31)28-16-18-30(39-28)36(25-8-4-2-5-9-25)32-20-21-33(41-32)37(26-10-6-3-7-11-26)34-22-23-35(38)42-34/h2-23,39-40,42H,1H3. The quantitative estimate of drug-likeness (QED) is 0.205. The molecule has 0 saturated carbocycles. The molecule has 0 fully saturated rings. The normalized spacial score (nSPS) is 11.8. The van der Waals surface area contributed by atoms with Gasteiger partial charge in [0.1, 0.15) is 0 Å². The molecule has 1 aliphatic heterocycles. The number of fused-ring (bicyclic) bond motifs is 9. The molecule has 3 N–H and O–H groups in total. The number of hydrogen-bond acceptors (Lipinski definition) is 1. The van der Waals surface area contributed by atoms with E-state index < -0.39 is 0 Å². The van der Waals surface area contributed by atoms with Crippen molar-refractivity contribution in [3.63, 3.8) is 0 Å². The van der Waals surface area contributed by atoms with Crippen LogP contribution in [0.25, 0.3) is 78.6 Å². The molecule has 1 aliphatic rings. The maximum atomic E-state index is 5.27. The number of hydrogen-bond donors (Lipinski definition) is 3. The molecule has 4 nitrogen and oxygen atoms in total. The monoisotopic (exact) mass is 540 g/mol. The topological polar surface area (TPSA) is 60.3 Å². The van der Waals surface area contributed by atoms with Crippen LogP contribution in [0.3, 0.4) is 0 Å². The van der Waals surface area contributed by atoms with Gasteiger partial charge in [-0.2, -0.15) is 0 Å². The summed E-state index contributed by atoms with van der Waals surface area (Å²) in [5, 5.41) is 0. The summed E-state index contributed by atoms with van der Waals surface area (Å²) in [5.74, 6) is 0. The largest absolute Gasteiger partial charge is 0.354 e. The second-order valence-corrected chi connectivity index (χ2v) is 10.8. The third-order valence-electron chi connectivity index (χ3n) is 8.04. The van der Waals surface area contributed by atoms with Crippen LogP contribution in [0.15, 0.2) is 121 Å². The van der Waals surface area contributed by atoms with Gasteiger partial charge in [-0.05, 0) is 72.2 Å². The summed E-state index contributed by atoms with van der Waals surface area (Å²) in [6, 6.07) is 42.7. The number of H-pyrrole nitrogens is 3. The zero-order valence-corrected chi connectivity index (χ0v) is 23.1. The Labute approximate surface area is 243 Å². The summed E-state index contributed by atoms with van der Waals surface area (Å²) in [6.07, 6.45) is 4.27. The highest BCUT2D eigenvalue weighted by molar-refractivity contribution is 5.99. The molecule has 0 amide bonds. The number of aryl methyl sites for hydroxylation is 1. The number of nitrogens with zero attached hydrogens (tertiary/aromatic N) is 1. The van der Waals surface area contributed by atoms with Crippen LogP contribution >= 0.6 is 0 Å². The van der Waals surface area contributed by atoms with Gasteiger partial charge < -0.3 is 15.0 Å². The van der Waals surface area contributed by atoms with E-state index in [0.717, 1.165) is 77.9 Å². The van der Waals surface area contributed by atoms with Gasteiger partial charge in [-0.1, -0.05) is 90.5 Å². The molecule has 42 heavy (non-hydrogen) atoms. The number of benzene rings is 3. The van der Waals surface area contributed by atoms with Gasteiger partial charge in [0.15, 0.2) is 0 Å². The van der Waals surface area contributed by atoms with Crippen molar-refractivity contribution in [2.75, 3.05) is 0 Å². The van der Waals surface area contributed by atoms with Crippen LogP contribution in [0.2, 0.25) is 0 Å². The first kappa shape index (κ1) is 24.2. The minimum absolute atomic E-state index is 0.929. The average molecular weight is 541 g/mol. The van der Waals surface area contributed by atoms with Crippen LogP contribution in [0.1, 0.15) is 17.0 Å². The van der Waals surface area contributed by atoms with Crippen LogP contribution in [0.4, 0.5) is 0 Å². The van der Waals surface area contributed by atoms with E-state index >= 15 is 0 Å². The lowest BCUT2D eigenvalue weighted by molar-refractivity contribution is 1.32. The summed E-state index contributed by atoms with van der Waals surface area (Å²) >= 11 is 0. The van der Waals surface area contributed by atoms with Gasteiger partial charge in [0.25, 0.3) is 0 Å². The maximum absolute atomic E-state index is 5.27. The lowest BCUT2D eigenvalue weighted by Crippen LogP contribution is -1.87. The van der Waals surface area contributed by atoms with Crippen molar-refractivity contribution in [1.29, 1.82) is 0 Å². The van der Waals surface area contributed by atoms with E-state index in [-0.39, 0.29) is 0 Å². The van der Waals surface area contributed by atoms with Gasteiger partial charge in [0.2, 0.25) is 0 Å². The molecule has 4 aromatic heterocycles. The highest BCUT2D eigenvalue weighted by Gasteiger charge is 2.16. The molecular formula is C38H28N4. The Morgan fingerprint density at radius 1 is 0.381 bits per heavy atom. The van der Waals surface area contributed by atoms with Gasteiger partial charge in [0, 0.05) is 38.8 Å². The van der Waals surface area contributed by atoms with Crippen molar-refractivity contribution in [1.82, 2.24) is 19.9 Å². The summed E-state index contributed by atoms with van der Waals surface area (Å²) in [4.78, 5) is 16.5. The van der Waals surface area contributed by atoms with E-state index in [4.69, 9.17) is 4.98 Å². The zero-order chi connectivity index (χ0) is 28.0. The predicted octanol–water partition coefficient (Wildman–Crippen LogP) is 10.0. The summed E-state index contributed by atoms with van der Waals surface area (Å²) < 4.78 is 0. The average Bonchev–Trinajstić information content (AvgIpc) is 3.85. The molecule has 0 saturated heterocycles. The second kappa shape index (κ2) is 9.79. The molecule has 8 rings (SSSR count). The van der Waals surface area contributed by atoms with Gasteiger partial charge in [-0.25, -0.2) is 4.98 Å². The van der Waals surface area contributed by atoms with E-state index in [1.54, 1.807) is 0 Å². The van der Waals surface area contributed by atoms with Crippen LogP contribution in [0.5, 0.6) is 0 Å². The second-order valence-electron chi connectivity index (χ2n) is 10.8. The van der Waals surface area contributed by atoms with E-state index in [9.17, 15) is 0 Å². The van der Waals surface area contributed by atoms with Crippen LogP contribution < -0.4 is 0 Å². The predicted molar refractivity (Wildman–Crippen MR) is 176 cm³/mol. The van der Waals surface area contributed by atoms with Gasteiger partial charge in [0.05, 0.1) is 22.4 Å². The molecule has 0 atom stereocenters. The van der Waals surface area contributed by atoms with E-state index in [1.165, 1.54) is 5.56 Å². The fraction of sp³-hybridized carbons (Fsp3) is 0.0263. The van der Waals surface area contributed by atoms with Crippen molar-refractivity contribution >= 4 is 45.3 Å². The van der Waals surface area contributed by atoms with Crippen molar-refractivity contribution < 1.29 is 0 Å². The lowest BCUT2D eigenvalue weighted by Gasteiger charge is -2.05. The summed E-state index contributed by atoms with van der Waals surface area (Å²) in [5.41, 5.74) is 15.9. The Bertz CT molecular complexity index is 2230. The molecule has 3 aromatic carbocycles. The van der Waals surface area contributed by atoms with Crippen LogP contribution in [-0.4, -0.2) is 19.9 Å². The number of aromatic amines is 3. The number of aromatic nitrogens is 4. The molecule has 4 heteroatoms. The molecular weight excluding hydrogens is 512 g/mol. The summed E-state index contributed by atoms with van der Waals surface area (Å²) in [6.45, 7) is 2.12. The Balaban J connectivity index is 1.56. The molecule has 200 valence electrons. The van der Waals surface area contributed by atoms with Crippen molar-refractivity contribution in [2.45, 2.75) is 6.92 Å². The minimum Gasteiger partial charge on any atom is -0.354 e. The Morgan fingerprint density at radius 2 is 0.762 bits per heavy atom. The fourth-order valence-corrected chi connectivity index (χ4v) is 5.99. The number of rotatable bonds is 3. The minimum atomic E-state index is 0.929. The smallest absolute Gasteiger partial charge is 0.0737 e. The molecule has 0 radical (unpaired) electrons. The zero-order valence-electron chi connectivity index (χ0n) is 23.1.